The Morgan fingerprint density at radius 3 is 3.00 bits per heavy atom. The topological polar surface area (TPSA) is 93.5 Å². The van der Waals surface area contributed by atoms with Gasteiger partial charge < -0.3 is 5.73 Å². The smallest absolute Gasteiger partial charge is 0.166 e. The van der Waals surface area contributed by atoms with E-state index in [0.717, 1.165) is 0 Å². The van der Waals surface area contributed by atoms with Crippen LogP contribution in [0.4, 0.5) is 0 Å². The van der Waals surface area contributed by atoms with Crippen molar-refractivity contribution < 1.29 is 0 Å². The fourth-order valence-corrected chi connectivity index (χ4v) is 1.11. The molecule has 0 fully saturated rings. The highest BCUT2D eigenvalue weighted by Crippen LogP contribution is 2.07. The third-order valence-electron chi connectivity index (χ3n) is 1.71. The molecule has 2 aromatic heterocycles. The lowest BCUT2D eigenvalue weighted by Gasteiger charge is -2.04. The molecule has 0 aliphatic heterocycles. The molecule has 0 spiro atoms. The second kappa shape index (κ2) is 3.25. The van der Waals surface area contributed by atoms with Crippen LogP contribution in [0.2, 0.25) is 0 Å². The molecule has 2 heterocycles. The number of pyridine rings is 1. The molecule has 70 valence electrons. The molecule has 0 saturated carbocycles. The van der Waals surface area contributed by atoms with Crippen molar-refractivity contribution in [2.24, 2.45) is 5.73 Å². The minimum absolute atomic E-state index is 0.0383. The van der Waals surface area contributed by atoms with Crippen molar-refractivity contribution in [1.82, 2.24) is 19.7 Å². The van der Waals surface area contributed by atoms with Gasteiger partial charge in [-0.05, 0) is 12.1 Å². The molecule has 0 atom stereocenters. The van der Waals surface area contributed by atoms with Crippen LogP contribution >= 0.6 is 0 Å². The Kier molecular flexibility index (Phi) is 1.94. The molecule has 6 nitrogen and oxygen atoms in total. The largest absolute Gasteiger partial charge is 0.384 e. The van der Waals surface area contributed by atoms with Crippen LogP contribution in [0.5, 0.6) is 0 Å². The second-order valence-electron chi connectivity index (χ2n) is 2.63. The van der Waals surface area contributed by atoms with E-state index in [0.29, 0.717) is 11.4 Å². The Morgan fingerprint density at radius 2 is 2.36 bits per heavy atom. The third-order valence-corrected chi connectivity index (χ3v) is 1.71. The van der Waals surface area contributed by atoms with Gasteiger partial charge in [0.1, 0.15) is 18.5 Å². The van der Waals surface area contributed by atoms with Crippen molar-refractivity contribution in [3.05, 3.63) is 36.5 Å². The predicted octanol–water partition coefficient (Wildman–Crippen LogP) is -0.0536. The fourth-order valence-electron chi connectivity index (χ4n) is 1.11. The van der Waals surface area contributed by atoms with E-state index < -0.39 is 0 Å². The molecule has 0 unspecified atom stereocenters. The normalized spacial score (nSPS) is 10.0. The van der Waals surface area contributed by atoms with Gasteiger partial charge in [0.15, 0.2) is 5.82 Å². The van der Waals surface area contributed by atoms with Crippen molar-refractivity contribution >= 4 is 5.84 Å². The number of nitrogen functional groups attached to an aromatic ring is 1. The SMILES string of the molecule is N=C(N)c1cccnc1-n1cncn1. The van der Waals surface area contributed by atoms with Crippen LogP contribution in [0, 0.1) is 5.41 Å². The van der Waals surface area contributed by atoms with Crippen LogP contribution in [0.1, 0.15) is 5.56 Å². The lowest BCUT2D eigenvalue weighted by atomic mass is 10.2. The zero-order valence-corrected chi connectivity index (χ0v) is 7.25. The van der Waals surface area contributed by atoms with Crippen LogP contribution in [-0.4, -0.2) is 25.6 Å². The summed E-state index contributed by atoms with van der Waals surface area (Å²) >= 11 is 0. The van der Waals surface area contributed by atoms with Gasteiger partial charge in [-0.3, -0.25) is 5.41 Å². The van der Waals surface area contributed by atoms with Crippen LogP contribution in [0.3, 0.4) is 0 Å². The van der Waals surface area contributed by atoms with E-state index in [1.54, 1.807) is 18.3 Å². The zero-order valence-electron chi connectivity index (χ0n) is 7.25. The highest BCUT2D eigenvalue weighted by Gasteiger charge is 2.07. The van der Waals surface area contributed by atoms with Gasteiger partial charge in [-0.2, -0.15) is 5.10 Å². The van der Waals surface area contributed by atoms with E-state index in [9.17, 15) is 0 Å². The second-order valence-corrected chi connectivity index (χ2v) is 2.63. The molecule has 14 heavy (non-hydrogen) atoms. The number of hydrogen-bond acceptors (Lipinski definition) is 4. The first-order chi connectivity index (χ1) is 6.79. The molecule has 0 saturated heterocycles. The zero-order chi connectivity index (χ0) is 9.97. The molecule has 3 N–H and O–H groups in total. The summed E-state index contributed by atoms with van der Waals surface area (Å²) < 4.78 is 1.47. The summed E-state index contributed by atoms with van der Waals surface area (Å²) in [6.45, 7) is 0. The number of nitrogens with zero attached hydrogens (tertiary/aromatic N) is 4. The predicted molar refractivity (Wildman–Crippen MR) is 50.2 cm³/mol. The molecule has 6 heteroatoms. The molecule has 0 bridgehead atoms. The number of aromatic nitrogens is 4. The maximum Gasteiger partial charge on any atom is 0.166 e. The number of rotatable bonds is 2. The maximum absolute atomic E-state index is 7.35. The van der Waals surface area contributed by atoms with Gasteiger partial charge in [0.2, 0.25) is 0 Å². The summed E-state index contributed by atoms with van der Waals surface area (Å²) in [6, 6.07) is 3.43. The molecule has 0 radical (unpaired) electrons. The van der Waals surface area contributed by atoms with Crippen molar-refractivity contribution in [2.45, 2.75) is 0 Å². The highest BCUT2D eigenvalue weighted by atomic mass is 15.3. The van der Waals surface area contributed by atoms with Gasteiger partial charge in [0.05, 0.1) is 5.56 Å². The molecule has 0 aromatic carbocycles. The van der Waals surface area contributed by atoms with E-state index in [1.807, 2.05) is 0 Å². The van der Waals surface area contributed by atoms with Crippen molar-refractivity contribution in [3.63, 3.8) is 0 Å². The van der Waals surface area contributed by atoms with E-state index in [4.69, 9.17) is 11.1 Å². The monoisotopic (exact) mass is 188 g/mol. The average Bonchev–Trinajstić information content (AvgIpc) is 2.70. The van der Waals surface area contributed by atoms with Gasteiger partial charge >= 0.3 is 0 Å². The van der Waals surface area contributed by atoms with E-state index in [1.165, 1.54) is 17.3 Å². The van der Waals surface area contributed by atoms with E-state index in [2.05, 4.69) is 15.1 Å². The lowest BCUT2D eigenvalue weighted by molar-refractivity contribution is 0.842. The first-order valence-corrected chi connectivity index (χ1v) is 3.93. The standard InChI is InChI=1S/C8H8N6/c9-7(10)6-2-1-3-12-8(6)14-5-11-4-13-14/h1-5H,(H3,9,10). The average molecular weight is 188 g/mol. The van der Waals surface area contributed by atoms with Gasteiger partial charge in [-0.15, -0.1) is 0 Å². The first-order valence-electron chi connectivity index (χ1n) is 3.93. The molecular weight excluding hydrogens is 180 g/mol. The summed E-state index contributed by atoms with van der Waals surface area (Å²) in [5.41, 5.74) is 5.94. The van der Waals surface area contributed by atoms with Gasteiger partial charge in [0.25, 0.3) is 0 Å². The fraction of sp³-hybridized carbons (Fsp3) is 0. The minimum Gasteiger partial charge on any atom is -0.384 e. The Labute approximate surface area is 79.9 Å². The van der Waals surface area contributed by atoms with Crippen LogP contribution in [-0.2, 0) is 0 Å². The molecule has 0 amide bonds. The maximum atomic E-state index is 7.35. The van der Waals surface area contributed by atoms with Gasteiger partial charge in [-0.25, -0.2) is 14.6 Å². The molecule has 0 aliphatic carbocycles. The Balaban J connectivity index is 2.58. The number of nitrogens with two attached hydrogens (primary N) is 1. The highest BCUT2D eigenvalue weighted by molar-refractivity contribution is 5.97. The minimum atomic E-state index is -0.0383. The van der Waals surface area contributed by atoms with E-state index in [-0.39, 0.29) is 5.84 Å². The van der Waals surface area contributed by atoms with E-state index >= 15 is 0 Å². The van der Waals surface area contributed by atoms with Gasteiger partial charge in [0, 0.05) is 6.20 Å². The van der Waals surface area contributed by atoms with Crippen LogP contribution < -0.4 is 5.73 Å². The van der Waals surface area contributed by atoms with Gasteiger partial charge in [-0.1, -0.05) is 0 Å². The molecule has 2 aromatic rings. The van der Waals surface area contributed by atoms with Crippen LogP contribution in [0.15, 0.2) is 31.0 Å². The lowest BCUT2D eigenvalue weighted by Crippen LogP contribution is -2.15. The summed E-state index contributed by atoms with van der Waals surface area (Å²) in [4.78, 5) is 7.88. The van der Waals surface area contributed by atoms with Crippen molar-refractivity contribution in [3.8, 4) is 5.82 Å². The van der Waals surface area contributed by atoms with Crippen molar-refractivity contribution in [1.29, 1.82) is 5.41 Å². The summed E-state index contributed by atoms with van der Waals surface area (Å²) in [6.07, 6.45) is 4.52. The first kappa shape index (κ1) is 8.36. The molecule has 0 aliphatic rings. The van der Waals surface area contributed by atoms with Crippen LogP contribution in [0.25, 0.3) is 5.82 Å². The Hall–Kier alpha value is -2.24. The quantitative estimate of drug-likeness (QED) is 0.510. The number of amidine groups is 1. The third kappa shape index (κ3) is 1.33. The molecular formula is C8H8N6. The summed E-state index contributed by atoms with van der Waals surface area (Å²) in [5, 5.41) is 11.3. The Morgan fingerprint density at radius 1 is 1.50 bits per heavy atom. The molecule has 2 rings (SSSR count). The number of hydrogen-bond donors (Lipinski definition) is 2. The number of nitrogens with one attached hydrogen (secondary N) is 1. The Bertz CT molecular complexity index is 447. The van der Waals surface area contributed by atoms with Crippen molar-refractivity contribution in [2.75, 3.05) is 0 Å². The summed E-state index contributed by atoms with van der Waals surface area (Å²) in [5.74, 6) is 0.473. The summed E-state index contributed by atoms with van der Waals surface area (Å²) in [7, 11) is 0.